The maximum absolute atomic E-state index is 12.2. The molecule has 0 radical (unpaired) electrons. The molecule has 1 aliphatic heterocycles. The summed E-state index contributed by atoms with van der Waals surface area (Å²) in [5, 5.41) is 3.98. The van der Waals surface area contributed by atoms with E-state index in [1.807, 2.05) is 35.2 Å². The summed E-state index contributed by atoms with van der Waals surface area (Å²) in [4.78, 5) is 31.5. The molecule has 0 unspecified atom stereocenters. The van der Waals surface area contributed by atoms with Gasteiger partial charge in [-0.3, -0.25) is 9.59 Å². The van der Waals surface area contributed by atoms with E-state index in [4.69, 9.17) is 4.52 Å². The highest BCUT2D eigenvalue weighted by atomic mass is 16.5. The zero-order chi connectivity index (χ0) is 17.6. The van der Waals surface area contributed by atoms with Crippen LogP contribution in [0.4, 0.5) is 0 Å². The van der Waals surface area contributed by atoms with E-state index in [1.54, 1.807) is 11.8 Å². The zero-order valence-electron chi connectivity index (χ0n) is 14.4. The summed E-state index contributed by atoms with van der Waals surface area (Å²) in [6.45, 7) is 4.01. The fourth-order valence-electron chi connectivity index (χ4n) is 2.88. The third kappa shape index (κ3) is 4.43. The first-order valence-corrected chi connectivity index (χ1v) is 8.55. The number of rotatable bonds is 5. The van der Waals surface area contributed by atoms with E-state index in [-0.39, 0.29) is 11.8 Å². The van der Waals surface area contributed by atoms with Gasteiger partial charge < -0.3 is 14.3 Å². The van der Waals surface area contributed by atoms with Crippen molar-refractivity contribution < 1.29 is 14.1 Å². The summed E-state index contributed by atoms with van der Waals surface area (Å²) in [5.74, 6) is 1.30. The van der Waals surface area contributed by atoms with Gasteiger partial charge in [-0.25, -0.2) is 0 Å². The minimum atomic E-state index is 0.0673. The minimum absolute atomic E-state index is 0.0673. The molecule has 1 aliphatic rings. The summed E-state index contributed by atoms with van der Waals surface area (Å²) in [5.41, 5.74) is 0.914. The van der Waals surface area contributed by atoms with Crippen molar-refractivity contribution in [2.24, 2.45) is 0 Å². The van der Waals surface area contributed by atoms with Gasteiger partial charge >= 0.3 is 0 Å². The summed E-state index contributed by atoms with van der Waals surface area (Å²) < 4.78 is 5.26. The number of hydrogen-bond donors (Lipinski definition) is 0. The molecular formula is C18H22N4O3. The number of hydrogen-bond acceptors (Lipinski definition) is 5. The van der Waals surface area contributed by atoms with Crippen LogP contribution in [-0.2, 0) is 16.0 Å². The van der Waals surface area contributed by atoms with E-state index in [0.29, 0.717) is 57.2 Å². The second kappa shape index (κ2) is 7.92. The molecule has 2 aromatic rings. The topological polar surface area (TPSA) is 79.5 Å². The third-order valence-electron chi connectivity index (χ3n) is 4.36. The van der Waals surface area contributed by atoms with Crippen molar-refractivity contribution in [2.45, 2.75) is 26.2 Å². The van der Waals surface area contributed by atoms with E-state index < -0.39 is 0 Å². The van der Waals surface area contributed by atoms with Crippen LogP contribution in [0.15, 0.2) is 34.9 Å². The van der Waals surface area contributed by atoms with Crippen molar-refractivity contribution >= 4 is 11.8 Å². The Hall–Kier alpha value is -2.70. The molecule has 1 fully saturated rings. The lowest BCUT2D eigenvalue weighted by molar-refractivity contribution is -0.138. The van der Waals surface area contributed by atoms with E-state index in [9.17, 15) is 9.59 Å². The molecule has 1 aromatic heterocycles. The van der Waals surface area contributed by atoms with Crippen LogP contribution in [0.25, 0.3) is 11.4 Å². The van der Waals surface area contributed by atoms with Gasteiger partial charge in [0, 0.05) is 51.5 Å². The van der Waals surface area contributed by atoms with Gasteiger partial charge in [-0.1, -0.05) is 35.5 Å². The smallest absolute Gasteiger partial charge is 0.226 e. The number of piperazine rings is 1. The van der Waals surface area contributed by atoms with Crippen LogP contribution in [0.2, 0.25) is 0 Å². The molecule has 3 rings (SSSR count). The number of aromatic nitrogens is 2. The highest BCUT2D eigenvalue weighted by Gasteiger charge is 2.22. The highest BCUT2D eigenvalue weighted by Crippen LogP contribution is 2.16. The molecule has 0 aliphatic carbocycles. The SMILES string of the molecule is CC(=O)N1CCN(C(=O)CCCc2nc(-c3ccccc3)no2)CC1. The summed E-state index contributed by atoms with van der Waals surface area (Å²) in [6, 6.07) is 9.65. The van der Waals surface area contributed by atoms with Gasteiger partial charge in [0.05, 0.1) is 0 Å². The van der Waals surface area contributed by atoms with Crippen molar-refractivity contribution in [1.29, 1.82) is 0 Å². The molecule has 0 spiro atoms. The fraction of sp³-hybridized carbons (Fsp3) is 0.444. The van der Waals surface area contributed by atoms with Crippen LogP contribution in [0.5, 0.6) is 0 Å². The fourth-order valence-corrected chi connectivity index (χ4v) is 2.88. The molecule has 2 amide bonds. The Morgan fingerprint density at radius 3 is 2.44 bits per heavy atom. The summed E-state index contributed by atoms with van der Waals surface area (Å²) >= 11 is 0. The summed E-state index contributed by atoms with van der Waals surface area (Å²) in [7, 11) is 0. The van der Waals surface area contributed by atoms with Gasteiger partial charge in [-0.2, -0.15) is 4.98 Å². The van der Waals surface area contributed by atoms with Gasteiger partial charge in [-0.15, -0.1) is 0 Å². The second-order valence-corrected chi connectivity index (χ2v) is 6.12. The number of aryl methyl sites for hydroxylation is 1. The lowest BCUT2D eigenvalue weighted by Gasteiger charge is -2.34. The van der Waals surface area contributed by atoms with E-state index in [1.165, 1.54) is 0 Å². The van der Waals surface area contributed by atoms with Crippen LogP contribution in [0.1, 0.15) is 25.7 Å². The van der Waals surface area contributed by atoms with Crippen LogP contribution in [0.3, 0.4) is 0 Å². The number of carbonyl (C=O) groups excluding carboxylic acids is 2. The van der Waals surface area contributed by atoms with E-state index >= 15 is 0 Å². The van der Waals surface area contributed by atoms with E-state index in [2.05, 4.69) is 10.1 Å². The predicted molar refractivity (Wildman–Crippen MR) is 91.5 cm³/mol. The first-order valence-electron chi connectivity index (χ1n) is 8.55. The Morgan fingerprint density at radius 1 is 1.08 bits per heavy atom. The minimum Gasteiger partial charge on any atom is -0.339 e. The molecule has 0 N–H and O–H groups in total. The maximum Gasteiger partial charge on any atom is 0.226 e. The van der Waals surface area contributed by atoms with Crippen LogP contribution >= 0.6 is 0 Å². The standard InChI is InChI=1S/C18H22N4O3/c1-14(23)21-10-12-22(13-11-21)17(24)9-5-8-16-19-18(20-25-16)15-6-3-2-4-7-15/h2-4,6-7H,5,8-13H2,1H3. The van der Waals surface area contributed by atoms with Gasteiger partial charge in [-0.05, 0) is 6.42 Å². The van der Waals surface area contributed by atoms with Gasteiger partial charge in [0.15, 0.2) is 0 Å². The van der Waals surface area contributed by atoms with Crippen LogP contribution < -0.4 is 0 Å². The number of carbonyl (C=O) groups is 2. The van der Waals surface area contributed by atoms with Crippen molar-refractivity contribution in [3.8, 4) is 11.4 Å². The molecular weight excluding hydrogens is 320 g/mol. The highest BCUT2D eigenvalue weighted by molar-refractivity contribution is 5.77. The Bertz CT molecular complexity index is 721. The molecule has 25 heavy (non-hydrogen) atoms. The molecule has 2 heterocycles. The molecule has 7 heteroatoms. The van der Waals surface area contributed by atoms with E-state index in [0.717, 1.165) is 5.56 Å². The van der Waals surface area contributed by atoms with Gasteiger partial charge in [0.25, 0.3) is 0 Å². The Morgan fingerprint density at radius 2 is 1.76 bits per heavy atom. The number of amides is 2. The quantitative estimate of drug-likeness (QED) is 0.827. The van der Waals surface area contributed by atoms with Gasteiger partial charge in [0.1, 0.15) is 0 Å². The molecule has 0 saturated carbocycles. The Balaban J connectivity index is 1.43. The molecule has 132 valence electrons. The normalized spacial score (nSPS) is 14.6. The van der Waals surface area contributed by atoms with Crippen LogP contribution in [-0.4, -0.2) is 57.9 Å². The monoisotopic (exact) mass is 342 g/mol. The molecule has 1 aromatic carbocycles. The summed E-state index contributed by atoms with van der Waals surface area (Å²) in [6.07, 6.45) is 1.70. The molecule has 1 saturated heterocycles. The van der Waals surface area contributed by atoms with Crippen LogP contribution in [0, 0.1) is 0 Å². The van der Waals surface area contributed by atoms with Crippen molar-refractivity contribution in [3.63, 3.8) is 0 Å². The van der Waals surface area contributed by atoms with Crippen molar-refractivity contribution in [3.05, 3.63) is 36.2 Å². The third-order valence-corrected chi connectivity index (χ3v) is 4.36. The van der Waals surface area contributed by atoms with Gasteiger partial charge in [0.2, 0.25) is 23.5 Å². The second-order valence-electron chi connectivity index (χ2n) is 6.12. The first kappa shape index (κ1) is 17.1. The molecule has 0 bridgehead atoms. The Labute approximate surface area is 146 Å². The molecule has 7 nitrogen and oxygen atoms in total. The number of benzene rings is 1. The Kier molecular flexibility index (Phi) is 5.42. The lowest BCUT2D eigenvalue weighted by atomic mass is 10.2. The maximum atomic E-state index is 12.2. The number of nitrogens with zero attached hydrogens (tertiary/aromatic N) is 4. The largest absolute Gasteiger partial charge is 0.339 e. The van der Waals surface area contributed by atoms with Crippen molar-refractivity contribution in [1.82, 2.24) is 19.9 Å². The average Bonchev–Trinajstić information content (AvgIpc) is 3.11. The molecule has 0 atom stereocenters. The first-order chi connectivity index (χ1) is 12.1. The lowest BCUT2D eigenvalue weighted by Crippen LogP contribution is -2.50. The average molecular weight is 342 g/mol. The predicted octanol–water partition coefficient (Wildman–Crippen LogP) is 1.75. The zero-order valence-corrected chi connectivity index (χ0v) is 14.4. The van der Waals surface area contributed by atoms with Crippen molar-refractivity contribution in [2.75, 3.05) is 26.2 Å².